The first-order valence-electron chi connectivity index (χ1n) is 13.8. The monoisotopic (exact) mass is 497 g/mol. The van der Waals surface area contributed by atoms with E-state index in [1.807, 2.05) is 22.8 Å². The van der Waals surface area contributed by atoms with E-state index >= 15 is 0 Å². The van der Waals surface area contributed by atoms with E-state index in [2.05, 4.69) is 53.7 Å². The summed E-state index contributed by atoms with van der Waals surface area (Å²) in [4.78, 5) is 13.7. The second kappa shape index (κ2) is 16.1. The molecule has 0 aliphatic heterocycles. The van der Waals surface area contributed by atoms with Gasteiger partial charge >= 0.3 is 0 Å². The summed E-state index contributed by atoms with van der Waals surface area (Å²) in [6.45, 7) is 15.0. The number of aromatic nitrogens is 1. The van der Waals surface area contributed by atoms with Crippen LogP contribution in [0.2, 0.25) is 0 Å². The van der Waals surface area contributed by atoms with Gasteiger partial charge in [0.15, 0.2) is 5.75 Å². The minimum absolute atomic E-state index is 0.128. The fourth-order valence-corrected chi connectivity index (χ4v) is 3.89. The minimum atomic E-state index is -0.128. The fraction of sp³-hybridized carbons (Fsp3) is 0.581. The van der Waals surface area contributed by atoms with E-state index in [4.69, 9.17) is 14.2 Å². The molecule has 0 fully saturated rings. The summed E-state index contributed by atoms with van der Waals surface area (Å²) in [7, 11) is 0. The zero-order valence-electron chi connectivity index (χ0n) is 23.5. The van der Waals surface area contributed by atoms with Crippen molar-refractivity contribution in [2.45, 2.75) is 99.5 Å². The Bertz CT molecular complexity index is 1060. The maximum Gasteiger partial charge on any atom is 0.297 e. The van der Waals surface area contributed by atoms with Gasteiger partial charge in [-0.3, -0.25) is 4.79 Å². The summed E-state index contributed by atoms with van der Waals surface area (Å²) in [6.07, 6.45) is 12.2. The molecule has 0 N–H and O–H groups in total. The minimum Gasteiger partial charge on any atom is -0.494 e. The molecule has 2 aromatic rings. The van der Waals surface area contributed by atoms with Gasteiger partial charge in [0, 0.05) is 18.0 Å². The maximum absolute atomic E-state index is 13.7. The fourth-order valence-electron chi connectivity index (χ4n) is 3.89. The van der Waals surface area contributed by atoms with Crippen molar-refractivity contribution < 1.29 is 14.2 Å². The lowest BCUT2D eigenvalue weighted by atomic mass is 10.1. The Morgan fingerprint density at radius 2 is 1.56 bits per heavy atom. The molecule has 5 heteroatoms. The highest BCUT2D eigenvalue weighted by atomic mass is 16.5. The Hall–Kier alpha value is -2.69. The number of nitrogens with zero attached hydrogens (tertiary/aromatic N) is 1. The molecule has 0 aliphatic rings. The molecule has 0 spiro atoms. The van der Waals surface area contributed by atoms with Gasteiger partial charge in [-0.05, 0) is 71.1 Å². The standard InChI is InChI=1S/C31H47NO4/c1-7-10-19-32-28-23-26(34-20-11-8-2)16-17-27(28)29(30(31(32)33)35-21-12-9-3)36-22-18-25(6)15-13-14-24(4)5/h14,16-18,23H,7-13,15,19-22H2,1-6H3/b25-18+. The second-order valence-electron chi connectivity index (χ2n) is 9.73. The number of fused-ring (bicyclic) bond motifs is 1. The molecule has 2 rings (SSSR count). The Labute approximate surface area is 218 Å². The number of unbranched alkanes of at least 4 members (excludes halogenated alkanes) is 3. The summed E-state index contributed by atoms with van der Waals surface area (Å²) < 4.78 is 20.2. The van der Waals surface area contributed by atoms with Crippen molar-refractivity contribution in [3.8, 4) is 17.2 Å². The van der Waals surface area contributed by atoms with Gasteiger partial charge in [0.1, 0.15) is 12.4 Å². The molecule has 5 nitrogen and oxygen atoms in total. The molecular weight excluding hydrogens is 450 g/mol. The van der Waals surface area contributed by atoms with Gasteiger partial charge in [0.25, 0.3) is 5.56 Å². The lowest BCUT2D eigenvalue weighted by molar-refractivity contribution is 0.274. The van der Waals surface area contributed by atoms with Crippen LogP contribution in [0.25, 0.3) is 10.9 Å². The molecular formula is C31H47NO4. The van der Waals surface area contributed by atoms with E-state index in [0.29, 0.717) is 37.9 Å². The van der Waals surface area contributed by atoms with Crippen molar-refractivity contribution in [1.29, 1.82) is 0 Å². The summed E-state index contributed by atoms with van der Waals surface area (Å²) in [5, 5.41) is 0.885. The summed E-state index contributed by atoms with van der Waals surface area (Å²) >= 11 is 0. The lowest BCUT2D eigenvalue weighted by Crippen LogP contribution is -2.24. The van der Waals surface area contributed by atoms with Crippen LogP contribution < -0.4 is 19.8 Å². The molecule has 1 aromatic carbocycles. The number of aryl methyl sites for hydroxylation is 1. The van der Waals surface area contributed by atoms with Gasteiger partial charge < -0.3 is 18.8 Å². The van der Waals surface area contributed by atoms with Crippen LogP contribution in [-0.2, 0) is 6.54 Å². The molecule has 0 aliphatic carbocycles. The molecule has 0 saturated heterocycles. The normalized spacial score (nSPS) is 11.6. The molecule has 0 radical (unpaired) electrons. The van der Waals surface area contributed by atoms with Gasteiger partial charge in [-0.2, -0.15) is 0 Å². The molecule has 36 heavy (non-hydrogen) atoms. The number of hydrogen-bond acceptors (Lipinski definition) is 4. The van der Waals surface area contributed by atoms with Crippen LogP contribution in [0.4, 0.5) is 0 Å². The topological polar surface area (TPSA) is 49.7 Å². The van der Waals surface area contributed by atoms with Crippen molar-refractivity contribution in [1.82, 2.24) is 4.57 Å². The SMILES string of the molecule is CCCCOc1ccc2c(OC/C=C(\C)CCC=C(C)C)c(OCCCC)c(=O)n(CCCC)c2c1. The Morgan fingerprint density at radius 3 is 2.22 bits per heavy atom. The van der Waals surface area contributed by atoms with E-state index in [1.54, 1.807) is 0 Å². The first kappa shape index (κ1) is 29.5. The van der Waals surface area contributed by atoms with Crippen LogP contribution in [0.5, 0.6) is 17.2 Å². The van der Waals surface area contributed by atoms with Crippen molar-refractivity contribution in [2.24, 2.45) is 0 Å². The maximum atomic E-state index is 13.7. The summed E-state index contributed by atoms with van der Waals surface area (Å²) in [5.41, 5.74) is 3.32. The van der Waals surface area contributed by atoms with Crippen LogP contribution >= 0.6 is 0 Å². The second-order valence-corrected chi connectivity index (χ2v) is 9.73. The predicted octanol–water partition coefficient (Wildman–Crippen LogP) is 8.23. The number of allylic oxidation sites excluding steroid dienone is 3. The number of pyridine rings is 1. The molecule has 0 bridgehead atoms. The van der Waals surface area contributed by atoms with Crippen LogP contribution in [0.15, 0.2) is 46.3 Å². The van der Waals surface area contributed by atoms with E-state index in [-0.39, 0.29) is 5.56 Å². The smallest absolute Gasteiger partial charge is 0.297 e. The van der Waals surface area contributed by atoms with Gasteiger partial charge in [-0.15, -0.1) is 0 Å². The van der Waals surface area contributed by atoms with Crippen molar-refractivity contribution in [2.75, 3.05) is 19.8 Å². The number of benzene rings is 1. The molecule has 0 atom stereocenters. The molecule has 0 saturated carbocycles. The van der Waals surface area contributed by atoms with Gasteiger partial charge in [-0.1, -0.05) is 57.3 Å². The van der Waals surface area contributed by atoms with Crippen LogP contribution in [0.1, 0.15) is 92.9 Å². The van der Waals surface area contributed by atoms with Gasteiger partial charge in [0.2, 0.25) is 5.75 Å². The van der Waals surface area contributed by atoms with Crippen LogP contribution in [0, 0.1) is 0 Å². The number of rotatable bonds is 17. The number of ether oxygens (including phenoxy) is 3. The quantitative estimate of drug-likeness (QED) is 0.163. The first-order valence-corrected chi connectivity index (χ1v) is 13.8. The highest BCUT2D eigenvalue weighted by Gasteiger charge is 2.20. The third kappa shape index (κ3) is 9.07. The largest absolute Gasteiger partial charge is 0.494 e. The van der Waals surface area contributed by atoms with Gasteiger partial charge in [0.05, 0.1) is 18.7 Å². The number of hydrogen-bond donors (Lipinski definition) is 0. The van der Waals surface area contributed by atoms with E-state index in [0.717, 1.165) is 68.0 Å². The predicted molar refractivity (Wildman–Crippen MR) is 152 cm³/mol. The molecule has 0 amide bonds. The first-order chi connectivity index (χ1) is 17.4. The highest BCUT2D eigenvalue weighted by molar-refractivity contribution is 5.89. The van der Waals surface area contributed by atoms with Crippen molar-refractivity contribution in [3.05, 3.63) is 51.9 Å². The van der Waals surface area contributed by atoms with E-state index in [1.165, 1.54) is 11.1 Å². The zero-order valence-corrected chi connectivity index (χ0v) is 23.5. The lowest BCUT2D eigenvalue weighted by Gasteiger charge is -2.19. The van der Waals surface area contributed by atoms with Crippen LogP contribution in [0.3, 0.4) is 0 Å². The molecule has 200 valence electrons. The Kier molecular flexibility index (Phi) is 13.2. The highest BCUT2D eigenvalue weighted by Crippen LogP contribution is 2.35. The zero-order chi connectivity index (χ0) is 26.3. The Morgan fingerprint density at radius 1 is 0.861 bits per heavy atom. The van der Waals surface area contributed by atoms with E-state index < -0.39 is 0 Å². The van der Waals surface area contributed by atoms with Crippen LogP contribution in [-0.4, -0.2) is 24.4 Å². The Balaban J connectivity index is 2.48. The molecule has 0 unspecified atom stereocenters. The van der Waals surface area contributed by atoms with Crippen molar-refractivity contribution >= 4 is 10.9 Å². The molecule has 1 heterocycles. The van der Waals surface area contributed by atoms with Crippen molar-refractivity contribution in [3.63, 3.8) is 0 Å². The summed E-state index contributed by atoms with van der Waals surface area (Å²) in [6, 6.07) is 5.95. The summed E-state index contributed by atoms with van der Waals surface area (Å²) in [5.74, 6) is 1.64. The molecule has 1 aromatic heterocycles. The van der Waals surface area contributed by atoms with E-state index in [9.17, 15) is 4.79 Å². The van der Waals surface area contributed by atoms with Gasteiger partial charge in [-0.25, -0.2) is 0 Å². The average Bonchev–Trinajstić information content (AvgIpc) is 2.85. The third-order valence-electron chi connectivity index (χ3n) is 6.15. The average molecular weight is 498 g/mol. The third-order valence-corrected chi connectivity index (χ3v) is 6.15.